The van der Waals surface area contributed by atoms with Crippen LogP contribution in [0, 0.1) is 5.82 Å². The van der Waals surface area contributed by atoms with Gasteiger partial charge >= 0.3 is 0 Å². The number of halogens is 1. The van der Waals surface area contributed by atoms with E-state index in [-0.39, 0.29) is 17.6 Å². The molecule has 0 saturated carbocycles. The smallest absolute Gasteiger partial charge is 0.227 e. The van der Waals surface area contributed by atoms with Gasteiger partial charge in [-0.1, -0.05) is 11.2 Å². The third kappa shape index (κ3) is 3.51. The third-order valence-electron chi connectivity index (χ3n) is 2.87. The van der Waals surface area contributed by atoms with E-state index in [1.54, 1.807) is 12.1 Å². The van der Waals surface area contributed by atoms with E-state index < -0.39 is 0 Å². The minimum absolute atomic E-state index is 0.0809. The summed E-state index contributed by atoms with van der Waals surface area (Å²) in [5, 5.41) is 6.84. The van der Waals surface area contributed by atoms with Crippen molar-refractivity contribution in [2.45, 2.75) is 19.4 Å². The number of hydrogen-bond acceptors (Lipinski definition) is 5. The van der Waals surface area contributed by atoms with Gasteiger partial charge in [-0.3, -0.25) is 0 Å². The van der Waals surface area contributed by atoms with Crippen molar-refractivity contribution in [3.63, 3.8) is 0 Å². The first-order chi connectivity index (χ1) is 9.20. The van der Waals surface area contributed by atoms with Crippen LogP contribution in [0.1, 0.15) is 24.4 Å². The maximum absolute atomic E-state index is 13.3. The van der Waals surface area contributed by atoms with Crippen molar-refractivity contribution in [3.05, 3.63) is 41.8 Å². The molecular weight excluding hydrogens is 249 g/mol. The summed E-state index contributed by atoms with van der Waals surface area (Å²) in [6.45, 7) is 2.70. The molecule has 1 atom stereocenters. The van der Waals surface area contributed by atoms with Gasteiger partial charge < -0.3 is 14.6 Å². The molecule has 6 heteroatoms. The highest BCUT2D eigenvalue weighted by Gasteiger charge is 2.09. The number of rotatable bonds is 6. The van der Waals surface area contributed by atoms with Crippen molar-refractivity contribution < 1.29 is 13.7 Å². The van der Waals surface area contributed by atoms with Gasteiger partial charge in [0.2, 0.25) is 5.89 Å². The monoisotopic (exact) mass is 265 g/mol. The Labute approximate surface area is 110 Å². The van der Waals surface area contributed by atoms with Crippen molar-refractivity contribution in [2.75, 3.05) is 13.7 Å². The molecule has 1 aromatic carbocycles. The molecule has 0 aliphatic carbocycles. The summed E-state index contributed by atoms with van der Waals surface area (Å²) in [7, 11) is 1.45. The number of hydrogen-bond donors (Lipinski definition) is 1. The second-order valence-electron chi connectivity index (χ2n) is 4.15. The lowest BCUT2D eigenvalue weighted by molar-refractivity contribution is 0.372. The van der Waals surface area contributed by atoms with E-state index in [9.17, 15) is 4.39 Å². The fourth-order valence-electron chi connectivity index (χ4n) is 1.77. The number of aromatic nitrogens is 2. The van der Waals surface area contributed by atoms with Gasteiger partial charge in [-0.15, -0.1) is 0 Å². The van der Waals surface area contributed by atoms with Crippen LogP contribution in [0.3, 0.4) is 0 Å². The molecule has 0 aliphatic rings. The molecular formula is C13H16FN3O2. The Morgan fingerprint density at radius 3 is 3.00 bits per heavy atom. The molecule has 0 bridgehead atoms. The molecule has 0 amide bonds. The fraction of sp³-hybridized carbons (Fsp3) is 0.385. The molecule has 1 aromatic heterocycles. The van der Waals surface area contributed by atoms with Crippen molar-refractivity contribution in [2.24, 2.45) is 0 Å². The van der Waals surface area contributed by atoms with Crippen LogP contribution in [0.15, 0.2) is 29.0 Å². The lowest BCUT2D eigenvalue weighted by atomic mass is 10.1. The SMILES string of the molecule is COc1cc(C(C)NCCc2ncno2)ccc1F. The normalized spacial score (nSPS) is 12.4. The van der Waals surface area contributed by atoms with Gasteiger partial charge in [0.1, 0.15) is 0 Å². The number of methoxy groups -OCH3 is 1. The van der Waals surface area contributed by atoms with E-state index >= 15 is 0 Å². The first-order valence-electron chi connectivity index (χ1n) is 6.03. The maximum atomic E-state index is 13.3. The number of ether oxygens (including phenoxy) is 1. The molecule has 1 unspecified atom stereocenters. The average Bonchev–Trinajstić information content (AvgIpc) is 2.92. The molecule has 5 nitrogen and oxygen atoms in total. The summed E-state index contributed by atoms with van der Waals surface area (Å²) in [6.07, 6.45) is 2.03. The Balaban J connectivity index is 1.90. The molecule has 0 saturated heterocycles. The zero-order valence-electron chi connectivity index (χ0n) is 10.9. The number of nitrogens with one attached hydrogen (secondary N) is 1. The summed E-state index contributed by atoms with van der Waals surface area (Å²) in [5.41, 5.74) is 0.962. The van der Waals surface area contributed by atoms with Crippen LogP contribution in [0.4, 0.5) is 4.39 Å². The van der Waals surface area contributed by atoms with Gasteiger partial charge in [-0.25, -0.2) is 4.39 Å². The van der Waals surface area contributed by atoms with E-state index in [0.717, 1.165) is 5.56 Å². The van der Waals surface area contributed by atoms with Crippen LogP contribution in [-0.2, 0) is 6.42 Å². The predicted molar refractivity (Wildman–Crippen MR) is 67.4 cm³/mol. The molecule has 0 radical (unpaired) electrons. The molecule has 1 N–H and O–H groups in total. The summed E-state index contributed by atoms with van der Waals surface area (Å²) < 4.78 is 23.2. The van der Waals surface area contributed by atoms with E-state index in [0.29, 0.717) is 18.9 Å². The Bertz CT molecular complexity index is 517. The lowest BCUT2D eigenvalue weighted by Gasteiger charge is -2.14. The Morgan fingerprint density at radius 2 is 2.32 bits per heavy atom. The zero-order valence-corrected chi connectivity index (χ0v) is 10.9. The van der Waals surface area contributed by atoms with E-state index in [1.807, 2.05) is 6.92 Å². The van der Waals surface area contributed by atoms with Crippen LogP contribution in [0.2, 0.25) is 0 Å². The van der Waals surface area contributed by atoms with Crippen molar-refractivity contribution in [3.8, 4) is 5.75 Å². The Kier molecular flexibility index (Phi) is 4.46. The van der Waals surface area contributed by atoms with Gasteiger partial charge in [-0.2, -0.15) is 4.98 Å². The highest BCUT2D eigenvalue weighted by Crippen LogP contribution is 2.22. The quantitative estimate of drug-likeness (QED) is 0.866. The van der Waals surface area contributed by atoms with Crippen molar-refractivity contribution in [1.29, 1.82) is 0 Å². The number of nitrogens with zero attached hydrogens (tertiary/aromatic N) is 2. The Morgan fingerprint density at radius 1 is 1.47 bits per heavy atom. The second kappa shape index (κ2) is 6.29. The summed E-state index contributed by atoms with van der Waals surface area (Å²) in [6, 6.07) is 4.92. The Hall–Kier alpha value is -1.95. The van der Waals surface area contributed by atoms with Gasteiger partial charge in [0.25, 0.3) is 0 Å². The topological polar surface area (TPSA) is 60.2 Å². The molecule has 0 aliphatic heterocycles. The lowest BCUT2D eigenvalue weighted by Crippen LogP contribution is -2.21. The second-order valence-corrected chi connectivity index (χ2v) is 4.15. The minimum Gasteiger partial charge on any atom is -0.494 e. The summed E-state index contributed by atoms with van der Waals surface area (Å²) in [5.74, 6) is 0.490. The van der Waals surface area contributed by atoms with Crippen LogP contribution < -0.4 is 10.1 Å². The molecule has 0 spiro atoms. The van der Waals surface area contributed by atoms with Crippen LogP contribution in [0.5, 0.6) is 5.75 Å². The molecule has 2 aromatic rings. The van der Waals surface area contributed by atoms with E-state index in [4.69, 9.17) is 9.26 Å². The molecule has 1 heterocycles. The first kappa shape index (κ1) is 13.5. The third-order valence-corrected chi connectivity index (χ3v) is 2.87. The first-order valence-corrected chi connectivity index (χ1v) is 6.03. The van der Waals surface area contributed by atoms with E-state index in [1.165, 1.54) is 19.5 Å². The van der Waals surface area contributed by atoms with Crippen molar-refractivity contribution in [1.82, 2.24) is 15.5 Å². The molecule has 19 heavy (non-hydrogen) atoms. The highest BCUT2D eigenvalue weighted by atomic mass is 19.1. The van der Waals surface area contributed by atoms with Crippen LogP contribution in [0.25, 0.3) is 0 Å². The van der Waals surface area contributed by atoms with Gasteiger partial charge in [0.15, 0.2) is 17.9 Å². The highest BCUT2D eigenvalue weighted by molar-refractivity contribution is 5.31. The predicted octanol–water partition coefficient (Wildman–Crippen LogP) is 2.11. The summed E-state index contributed by atoms with van der Waals surface area (Å²) in [4.78, 5) is 3.94. The number of benzene rings is 1. The largest absolute Gasteiger partial charge is 0.494 e. The van der Waals surface area contributed by atoms with Crippen LogP contribution >= 0.6 is 0 Å². The zero-order chi connectivity index (χ0) is 13.7. The molecule has 2 rings (SSSR count). The molecule has 102 valence electrons. The fourth-order valence-corrected chi connectivity index (χ4v) is 1.77. The standard InChI is InChI=1S/C13H16FN3O2/c1-9(15-6-5-13-16-8-17-19-13)10-3-4-11(14)12(7-10)18-2/h3-4,7-9,15H,5-6H2,1-2H3. The average molecular weight is 265 g/mol. The van der Waals surface area contributed by atoms with Gasteiger partial charge in [0.05, 0.1) is 7.11 Å². The van der Waals surface area contributed by atoms with Gasteiger partial charge in [-0.05, 0) is 24.6 Å². The summed E-state index contributed by atoms with van der Waals surface area (Å²) >= 11 is 0. The minimum atomic E-state index is -0.357. The van der Waals surface area contributed by atoms with Crippen LogP contribution in [-0.4, -0.2) is 23.8 Å². The molecule has 0 fully saturated rings. The van der Waals surface area contributed by atoms with E-state index in [2.05, 4.69) is 15.5 Å². The van der Waals surface area contributed by atoms with Gasteiger partial charge in [0, 0.05) is 19.0 Å². The maximum Gasteiger partial charge on any atom is 0.227 e. The van der Waals surface area contributed by atoms with Crippen molar-refractivity contribution >= 4 is 0 Å².